The summed E-state index contributed by atoms with van der Waals surface area (Å²) in [5.41, 5.74) is -2.51. The Labute approximate surface area is 112 Å². The highest BCUT2D eigenvalue weighted by molar-refractivity contribution is 6.18. The Morgan fingerprint density at radius 1 is 1.32 bits per heavy atom. The van der Waals surface area contributed by atoms with Crippen molar-refractivity contribution in [3.05, 3.63) is 35.1 Å². The van der Waals surface area contributed by atoms with Gasteiger partial charge in [-0.3, -0.25) is 4.79 Å². The summed E-state index contributed by atoms with van der Waals surface area (Å²) >= 11 is 5.60. The zero-order valence-electron chi connectivity index (χ0n) is 10.2. The summed E-state index contributed by atoms with van der Waals surface area (Å²) in [5.74, 6) is -2.07. The van der Waals surface area contributed by atoms with Gasteiger partial charge in [0.15, 0.2) is 0 Å². The number of alkyl halides is 4. The van der Waals surface area contributed by atoms with Crippen LogP contribution in [0.5, 0.6) is 0 Å². The predicted molar refractivity (Wildman–Crippen MR) is 63.7 cm³/mol. The molecule has 1 amide bonds. The van der Waals surface area contributed by atoms with Crippen molar-refractivity contribution in [2.45, 2.75) is 25.6 Å². The molecule has 7 heteroatoms. The SMILES string of the molecule is CC(C)(CCl)NC(=O)c1ccc(F)c(C(F)(F)F)c1. The molecular formula is C12H12ClF4NO. The summed E-state index contributed by atoms with van der Waals surface area (Å²) in [6.07, 6.45) is -4.84. The molecule has 0 aliphatic carbocycles. The average molecular weight is 298 g/mol. The van der Waals surface area contributed by atoms with Crippen molar-refractivity contribution in [3.8, 4) is 0 Å². The van der Waals surface area contributed by atoms with Gasteiger partial charge in [0.1, 0.15) is 5.82 Å². The minimum absolute atomic E-state index is 0.0893. The quantitative estimate of drug-likeness (QED) is 0.670. The molecule has 0 radical (unpaired) electrons. The van der Waals surface area contributed by atoms with Gasteiger partial charge in [-0.05, 0) is 32.0 Å². The molecule has 1 N–H and O–H groups in total. The molecule has 0 aromatic heterocycles. The van der Waals surface area contributed by atoms with E-state index in [0.717, 1.165) is 6.07 Å². The first-order valence-corrected chi connectivity index (χ1v) is 5.85. The highest BCUT2D eigenvalue weighted by Crippen LogP contribution is 2.31. The zero-order chi connectivity index (χ0) is 14.8. The molecule has 0 spiro atoms. The van der Waals surface area contributed by atoms with E-state index < -0.39 is 29.0 Å². The van der Waals surface area contributed by atoms with Crippen LogP contribution in [0.1, 0.15) is 29.8 Å². The summed E-state index contributed by atoms with van der Waals surface area (Å²) in [4.78, 5) is 11.8. The van der Waals surface area contributed by atoms with Crippen LogP contribution in [-0.2, 0) is 6.18 Å². The van der Waals surface area contributed by atoms with Crippen LogP contribution in [0.4, 0.5) is 17.6 Å². The monoisotopic (exact) mass is 297 g/mol. The second-order valence-electron chi connectivity index (χ2n) is 4.66. The zero-order valence-corrected chi connectivity index (χ0v) is 11.0. The van der Waals surface area contributed by atoms with Gasteiger partial charge in [-0.2, -0.15) is 13.2 Å². The van der Waals surface area contributed by atoms with Crippen LogP contribution in [0.15, 0.2) is 18.2 Å². The molecule has 1 aromatic rings. The minimum Gasteiger partial charge on any atom is -0.346 e. The molecule has 0 saturated carbocycles. The van der Waals surface area contributed by atoms with E-state index in [0.29, 0.717) is 12.1 Å². The van der Waals surface area contributed by atoms with E-state index in [-0.39, 0.29) is 11.4 Å². The van der Waals surface area contributed by atoms with Crippen LogP contribution < -0.4 is 5.32 Å². The van der Waals surface area contributed by atoms with Crippen molar-refractivity contribution in [3.63, 3.8) is 0 Å². The largest absolute Gasteiger partial charge is 0.419 e. The van der Waals surface area contributed by atoms with Gasteiger partial charge < -0.3 is 5.32 Å². The van der Waals surface area contributed by atoms with E-state index >= 15 is 0 Å². The topological polar surface area (TPSA) is 29.1 Å². The molecule has 106 valence electrons. The maximum Gasteiger partial charge on any atom is 0.419 e. The second kappa shape index (κ2) is 5.36. The van der Waals surface area contributed by atoms with E-state index in [1.807, 2.05) is 0 Å². The molecule has 1 rings (SSSR count). The third-order valence-corrected chi connectivity index (χ3v) is 2.99. The number of hydrogen-bond acceptors (Lipinski definition) is 1. The van der Waals surface area contributed by atoms with E-state index in [1.54, 1.807) is 13.8 Å². The van der Waals surface area contributed by atoms with Crippen LogP contribution in [0.2, 0.25) is 0 Å². The Balaban J connectivity index is 3.07. The number of benzene rings is 1. The van der Waals surface area contributed by atoms with Gasteiger partial charge in [-0.15, -0.1) is 11.6 Å². The highest BCUT2D eigenvalue weighted by Gasteiger charge is 2.35. The third-order valence-electron chi connectivity index (χ3n) is 2.32. The van der Waals surface area contributed by atoms with Crippen LogP contribution in [-0.4, -0.2) is 17.3 Å². The first-order chi connectivity index (χ1) is 8.57. The standard InChI is InChI=1S/C12H12ClF4NO/c1-11(2,6-13)18-10(19)7-3-4-9(14)8(5-7)12(15,16)17/h3-5H,6H2,1-2H3,(H,18,19). The summed E-state index contributed by atoms with van der Waals surface area (Å²) in [6.45, 7) is 3.23. The fourth-order valence-electron chi connectivity index (χ4n) is 1.30. The normalized spacial score (nSPS) is 12.4. The lowest BCUT2D eigenvalue weighted by Gasteiger charge is -2.23. The van der Waals surface area contributed by atoms with E-state index in [2.05, 4.69) is 5.32 Å². The molecule has 0 unspecified atom stereocenters. The predicted octanol–water partition coefficient (Wildman–Crippen LogP) is 3.59. The van der Waals surface area contributed by atoms with Crippen LogP contribution in [0.3, 0.4) is 0 Å². The number of carbonyl (C=O) groups excluding carboxylic acids is 1. The molecule has 0 bridgehead atoms. The fraction of sp³-hybridized carbons (Fsp3) is 0.417. The van der Waals surface area contributed by atoms with Gasteiger partial charge >= 0.3 is 6.18 Å². The second-order valence-corrected chi connectivity index (χ2v) is 4.93. The lowest BCUT2D eigenvalue weighted by Crippen LogP contribution is -2.44. The number of hydrogen-bond donors (Lipinski definition) is 1. The van der Waals surface area contributed by atoms with Crippen molar-refractivity contribution in [2.75, 3.05) is 5.88 Å². The van der Waals surface area contributed by atoms with Gasteiger partial charge in [-0.1, -0.05) is 0 Å². The van der Waals surface area contributed by atoms with Crippen molar-refractivity contribution >= 4 is 17.5 Å². The fourth-order valence-corrected chi connectivity index (χ4v) is 1.36. The van der Waals surface area contributed by atoms with Gasteiger partial charge in [0.25, 0.3) is 5.91 Å². The minimum atomic E-state index is -4.84. The summed E-state index contributed by atoms with van der Waals surface area (Å²) in [5, 5.41) is 2.46. The number of halogens is 5. The van der Waals surface area contributed by atoms with Gasteiger partial charge in [-0.25, -0.2) is 4.39 Å². The molecule has 2 nitrogen and oxygen atoms in total. The van der Waals surface area contributed by atoms with Crippen molar-refractivity contribution in [2.24, 2.45) is 0 Å². The molecule has 1 aromatic carbocycles. The lowest BCUT2D eigenvalue weighted by atomic mass is 10.1. The average Bonchev–Trinajstić information content (AvgIpc) is 2.27. The van der Waals surface area contributed by atoms with Gasteiger partial charge in [0.05, 0.1) is 5.56 Å². The van der Waals surface area contributed by atoms with Gasteiger partial charge in [0, 0.05) is 17.0 Å². The van der Waals surface area contributed by atoms with Gasteiger partial charge in [0.2, 0.25) is 0 Å². The Morgan fingerprint density at radius 2 is 1.89 bits per heavy atom. The highest BCUT2D eigenvalue weighted by atomic mass is 35.5. The third kappa shape index (κ3) is 4.09. The smallest absolute Gasteiger partial charge is 0.346 e. The Morgan fingerprint density at radius 3 is 2.37 bits per heavy atom. The summed E-state index contributed by atoms with van der Waals surface area (Å²) < 4.78 is 50.6. The number of carbonyl (C=O) groups is 1. The maximum absolute atomic E-state index is 13.1. The molecule has 19 heavy (non-hydrogen) atoms. The molecule has 0 aliphatic rings. The molecular weight excluding hydrogens is 286 g/mol. The van der Waals surface area contributed by atoms with Crippen LogP contribution >= 0.6 is 11.6 Å². The Kier molecular flexibility index (Phi) is 4.45. The van der Waals surface area contributed by atoms with Crippen molar-refractivity contribution in [1.82, 2.24) is 5.32 Å². The number of nitrogens with one attached hydrogen (secondary N) is 1. The Bertz CT molecular complexity index is 485. The molecule has 0 saturated heterocycles. The Hall–Kier alpha value is -1.30. The van der Waals surface area contributed by atoms with E-state index in [9.17, 15) is 22.4 Å². The molecule has 0 heterocycles. The molecule has 0 atom stereocenters. The number of amides is 1. The first-order valence-electron chi connectivity index (χ1n) is 5.32. The van der Waals surface area contributed by atoms with Crippen molar-refractivity contribution < 1.29 is 22.4 Å². The van der Waals surface area contributed by atoms with E-state index in [1.165, 1.54) is 0 Å². The summed E-state index contributed by atoms with van der Waals surface area (Å²) in [7, 11) is 0. The van der Waals surface area contributed by atoms with Crippen LogP contribution in [0.25, 0.3) is 0 Å². The lowest BCUT2D eigenvalue weighted by molar-refractivity contribution is -0.140. The maximum atomic E-state index is 13.1. The molecule has 0 aliphatic heterocycles. The first kappa shape index (κ1) is 15.8. The molecule has 0 fully saturated rings. The number of rotatable bonds is 3. The van der Waals surface area contributed by atoms with Crippen LogP contribution in [0, 0.1) is 5.82 Å². The van der Waals surface area contributed by atoms with Crippen molar-refractivity contribution in [1.29, 1.82) is 0 Å². The van der Waals surface area contributed by atoms with E-state index in [4.69, 9.17) is 11.6 Å². The summed E-state index contributed by atoms with van der Waals surface area (Å²) in [6, 6.07) is 2.09.